The number of hydrogen-bond donors (Lipinski definition) is 2. The molecule has 26 heavy (non-hydrogen) atoms. The summed E-state index contributed by atoms with van der Waals surface area (Å²) in [4.78, 5) is 27.6. The number of benzene rings is 2. The normalized spacial score (nSPS) is 10.6. The van der Waals surface area contributed by atoms with Gasteiger partial charge in [0.05, 0.1) is 19.8 Å². The minimum atomic E-state index is -0.685. The van der Waals surface area contributed by atoms with E-state index in [1.807, 2.05) is 0 Å². The predicted octanol–water partition coefficient (Wildman–Crippen LogP) is 3.34. The summed E-state index contributed by atoms with van der Waals surface area (Å²) in [5, 5.41) is 3.83. The molecular weight excluding hydrogens is 356 g/mol. The number of ketones is 1. The number of Topliss-reactive ketones (excluding diaryl/α,β-unsaturated/α-hetero) is 1. The number of nitrogens with one attached hydrogen (secondary N) is 2. The minimum Gasteiger partial charge on any atom is -0.493 e. The van der Waals surface area contributed by atoms with Crippen molar-refractivity contribution in [2.75, 3.05) is 14.2 Å². The van der Waals surface area contributed by atoms with E-state index in [9.17, 15) is 9.59 Å². The van der Waals surface area contributed by atoms with Crippen molar-refractivity contribution in [3.8, 4) is 11.5 Å². The smallest absolute Gasteiger partial charge is 0.292 e. The van der Waals surface area contributed by atoms with E-state index in [0.29, 0.717) is 33.0 Å². The fourth-order valence-corrected chi connectivity index (χ4v) is 2.83. The van der Waals surface area contributed by atoms with Crippen LogP contribution in [0.5, 0.6) is 11.5 Å². The van der Waals surface area contributed by atoms with E-state index < -0.39 is 11.7 Å². The number of carbonyl (C=O) groups is 2. The lowest BCUT2D eigenvalue weighted by atomic mass is 10.1. The molecule has 7 heteroatoms. The number of hydrogen-bond acceptors (Lipinski definition) is 4. The summed E-state index contributed by atoms with van der Waals surface area (Å²) in [5.41, 5.74) is 1.80. The van der Waals surface area contributed by atoms with E-state index in [-0.39, 0.29) is 6.54 Å². The SMILES string of the molecule is COc1ccc(CNC(=O)C(=O)c2c[nH]c3cc(Cl)ccc23)cc1OC. The molecule has 3 aromatic rings. The Morgan fingerprint density at radius 3 is 2.58 bits per heavy atom. The third-order valence-corrected chi connectivity index (χ3v) is 4.23. The van der Waals surface area contributed by atoms with Crippen LogP contribution in [-0.4, -0.2) is 30.9 Å². The van der Waals surface area contributed by atoms with Gasteiger partial charge in [0.1, 0.15) is 0 Å². The first kappa shape index (κ1) is 17.8. The maximum atomic E-state index is 12.4. The van der Waals surface area contributed by atoms with Crippen LogP contribution >= 0.6 is 11.6 Å². The molecule has 1 aromatic heterocycles. The van der Waals surface area contributed by atoms with Crippen LogP contribution in [0.3, 0.4) is 0 Å². The Morgan fingerprint density at radius 2 is 1.85 bits per heavy atom. The molecule has 0 spiro atoms. The summed E-state index contributed by atoms with van der Waals surface area (Å²) < 4.78 is 10.4. The third kappa shape index (κ3) is 3.50. The Hall–Kier alpha value is -2.99. The van der Waals surface area contributed by atoms with Gasteiger partial charge in [-0.2, -0.15) is 0 Å². The zero-order valence-electron chi connectivity index (χ0n) is 14.3. The highest BCUT2D eigenvalue weighted by Crippen LogP contribution is 2.27. The van der Waals surface area contributed by atoms with Crippen LogP contribution in [0.4, 0.5) is 0 Å². The molecule has 1 heterocycles. The van der Waals surface area contributed by atoms with Crippen molar-refractivity contribution in [1.29, 1.82) is 0 Å². The van der Waals surface area contributed by atoms with E-state index >= 15 is 0 Å². The van der Waals surface area contributed by atoms with Crippen LogP contribution < -0.4 is 14.8 Å². The molecule has 0 bridgehead atoms. The average Bonchev–Trinajstić information content (AvgIpc) is 3.07. The molecule has 1 amide bonds. The van der Waals surface area contributed by atoms with Gasteiger partial charge in [0, 0.05) is 28.7 Å². The zero-order valence-corrected chi connectivity index (χ0v) is 15.0. The lowest BCUT2D eigenvalue weighted by Crippen LogP contribution is -2.30. The van der Waals surface area contributed by atoms with Crippen molar-refractivity contribution in [1.82, 2.24) is 10.3 Å². The van der Waals surface area contributed by atoms with Gasteiger partial charge in [0.15, 0.2) is 11.5 Å². The number of aromatic nitrogens is 1. The van der Waals surface area contributed by atoms with Gasteiger partial charge in [-0.3, -0.25) is 9.59 Å². The Labute approximate surface area is 155 Å². The molecule has 0 aliphatic rings. The quantitative estimate of drug-likeness (QED) is 0.513. The highest BCUT2D eigenvalue weighted by molar-refractivity contribution is 6.45. The molecule has 0 atom stereocenters. The molecule has 134 valence electrons. The minimum absolute atomic E-state index is 0.194. The largest absolute Gasteiger partial charge is 0.493 e. The Morgan fingerprint density at radius 1 is 1.08 bits per heavy atom. The fourth-order valence-electron chi connectivity index (χ4n) is 2.66. The van der Waals surface area contributed by atoms with Crippen molar-refractivity contribution in [2.24, 2.45) is 0 Å². The van der Waals surface area contributed by atoms with Crippen molar-refractivity contribution in [3.63, 3.8) is 0 Å². The number of ether oxygens (including phenoxy) is 2. The fraction of sp³-hybridized carbons (Fsp3) is 0.158. The molecule has 2 N–H and O–H groups in total. The molecule has 0 unspecified atom stereocenters. The first-order chi connectivity index (χ1) is 12.5. The second-order valence-electron chi connectivity index (χ2n) is 5.59. The molecule has 0 fully saturated rings. The molecule has 0 saturated carbocycles. The summed E-state index contributed by atoms with van der Waals surface area (Å²) in [7, 11) is 3.08. The number of fused-ring (bicyclic) bond motifs is 1. The second kappa shape index (κ2) is 7.49. The lowest BCUT2D eigenvalue weighted by molar-refractivity contribution is -0.117. The first-order valence-electron chi connectivity index (χ1n) is 7.83. The lowest BCUT2D eigenvalue weighted by Gasteiger charge is -2.10. The molecule has 0 saturated heterocycles. The van der Waals surface area contributed by atoms with E-state index in [2.05, 4.69) is 10.3 Å². The summed E-state index contributed by atoms with van der Waals surface area (Å²) in [6, 6.07) is 10.4. The molecule has 3 rings (SSSR count). The van der Waals surface area contributed by atoms with Gasteiger partial charge in [0.25, 0.3) is 11.7 Å². The topological polar surface area (TPSA) is 80.4 Å². The monoisotopic (exact) mass is 372 g/mol. The Bertz CT molecular complexity index is 981. The van der Waals surface area contributed by atoms with Crippen molar-refractivity contribution in [2.45, 2.75) is 6.54 Å². The van der Waals surface area contributed by atoms with Crippen molar-refractivity contribution in [3.05, 3.63) is 58.7 Å². The number of amides is 1. The Balaban J connectivity index is 1.72. The number of H-pyrrole nitrogens is 1. The van der Waals surface area contributed by atoms with Crippen LogP contribution in [0, 0.1) is 0 Å². The molecule has 0 radical (unpaired) electrons. The second-order valence-corrected chi connectivity index (χ2v) is 6.03. The van der Waals surface area contributed by atoms with Crippen LogP contribution in [0.2, 0.25) is 5.02 Å². The number of aromatic amines is 1. The van der Waals surface area contributed by atoms with E-state index in [1.165, 1.54) is 13.3 Å². The number of rotatable bonds is 6. The van der Waals surface area contributed by atoms with Crippen LogP contribution in [0.1, 0.15) is 15.9 Å². The van der Waals surface area contributed by atoms with Gasteiger partial charge in [-0.05, 0) is 29.8 Å². The van der Waals surface area contributed by atoms with Crippen LogP contribution in [0.25, 0.3) is 10.9 Å². The average molecular weight is 373 g/mol. The van der Waals surface area contributed by atoms with Gasteiger partial charge in [-0.15, -0.1) is 0 Å². The standard InChI is InChI=1S/C19H17ClN2O4/c1-25-16-6-3-11(7-17(16)26-2)9-22-19(24)18(23)14-10-21-15-8-12(20)4-5-13(14)15/h3-8,10,21H,9H2,1-2H3,(H,22,24). The molecule has 6 nitrogen and oxygen atoms in total. The van der Waals surface area contributed by atoms with Crippen LogP contribution in [-0.2, 0) is 11.3 Å². The van der Waals surface area contributed by atoms with Crippen molar-refractivity contribution < 1.29 is 19.1 Å². The van der Waals surface area contributed by atoms with Gasteiger partial charge in [0.2, 0.25) is 0 Å². The molecule has 0 aliphatic carbocycles. The highest BCUT2D eigenvalue weighted by Gasteiger charge is 2.20. The van der Waals surface area contributed by atoms with Gasteiger partial charge < -0.3 is 19.8 Å². The Kier molecular flexibility index (Phi) is 5.14. The maximum Gasteiger partial charge on any atom is 0.292 e. The van der Waals surface area contributed by atoms with E-state index in [4.69, 9.17) is 21.1 Å². The van der Waals surface area contributed by atoms with Gasteiger partial charge >= 0.3 is 0 Å². The van der Waals surface area contributed by atoms with Gasteiger partial charge in [-0.25, -0.2) is 0 Å². The summed E-state index contributed by atoms with van der Waals surface area (Å²) in [6.07, 6.45) is 1.51. The third-order valence-electron chi connectivity index (χ3n) is 4.00. The first-order valence-corrected chi connectivity index (χ1v) is 8.21. The zero-order chi connectivity index (χ0) is 18.7. The van der Waals surface area contributed by atoms with Gasteiger partial charge in [-0.1, -0.05) is 23.7 Å². The molecule has 2 aromatic carbocycles. The number of carbonyl (C=O) groups excluding carboxylic acids is 2. The highest BCUT2D eigenvalue weighted by atomic mass is 35.5. The van der Waals surface area contributed by atoms with E-state index in [1.54, 1.807) is 43.5 Å². The molecular formula is C19H17ClN2O4. The van der Waals surface area contributed by atoms with E-state index in [0.717, 1.165) is 5.56 Å². The summed E-state index contributed by atoms with van der Waals surface area (Å²) in [5.74, 6) is -0.148. The predicted molar refractivity (Wildman–Crippen MR) is 99.0 cm³/mol. The maximum absolute atomic E-state index is 12.4. The number of methoxy groups -OCH3 is 2. The molecule has 0 aliphatic heterocycles. The summed E-state index contributed by atoms with van der Waals surface area (Å²) >= 11 is 5.93. The van der Waals surface area contributed by atoms with Crippen molar-refractivity contribution >= 4 is 34.2 Å². The summed E-state index contributed by atoms with van der Waals surface area (Å²) in [6.45, 7) is 0.194. The number of halogens is 1. The van der Waals surface area contributed by atoms with Crippen LogP contribution in [0.15, 0.2) is 42.6 Å².